The molecule has 5 heteroatoms. The van der Waals surface area contributed by atoms with Gasteiger partial charge < -0.3 is 10.2 Å². The smallest absolute Gasteiger partial charge is 0.133 e. The molecule has 0 aliphatic carbocycles. The van der Waals surface area contributed by atoms with Crippen LogP contribution in [0.4, 0.5) is 5.82 Å². The van der Waals surface area contributed by atoms with E-state index in [9.17, 15) is 0 Å². The SMILES string of the molecule is c1ccc(-n2cc(CCNCc3cc4ccccc4nc3N3CCCCC3)cn2)cc1. The maximum Gasteiger partial charge on any atom is 0.133 e. The van der Waals surface area contributed by atoms with Crippen LogP contribution in [0, 0.1) is 0 Å². The van der Waals surface area contributed by atoms with E-state index in [1.807, 2.05) is 29.1 Å². The molecular weight excluding hydrogens is 382 g/mol. The molecule has 0 amide bonds. The van der Waals surface area contributed by atoms with Gasteiger partial charge in [0.15, 0.2) is 0 Å². The lowest BCUT2D eigenvalue weighted by Gasteiger charge is -2.30. The first-order valence-corrected chi connectivity index (χ1v) is 11.3. The fraction of sp³-hybridized carbons (Fsp3) is 0.308. The van der Waals surface area contributed by atoms with Crippen LogP contribution in [0.3, 0.4) is 0 Å². The standard InChI is InChI=1S/C26H29N5/c1-3-10-24(11-4-1)31-20-21(18-28-31)13-14-27-19-23-17-22-9-5-6-12-25(22)29-26(23)30-15-7-2-8-16-30/h1,3-6,9-12,17-18,20,27H,2,7-8,13-16,19H2. The highest BCUT2D eigenvalue weighted by molar-refractivity contribution is 5.81. The summed E-state index contributed by atoms with van der Waals surface area (Å²) in [7, 11) is 0. The molecule has 3 heterocycles. The Morgan fingerprint density at radius 2 is 1.71 bits per heavy atom. The minimum atomic E-state index is 0.830. The second-order valence-corrected chi connectivity index (χ2v) is 8.27. The van der Waals surface area contributed by atoms with E-state index in [0.717, 1.165) is 49.6 Å². The number of hydrogen-bond acceptors (Lipinski definition) is 4. The van der Waals surface area contributed by atoms with E-state index in [2.05, 4.69) is 64.0 Å². The number of rotatable bonds is 7. The van der Waals surface area contributed by atoms with Gasteiger partial charge in [-0.2, -0.15) is 5.10 Å². The van der Waals surface area contributed by atoms with Crippen molar-refractivity contribution in [2.24, 2.45) is 0 Å². The zero-order chi connectivity index (χ0) is 20.9. The topological polar surface area (TPSA) is 46.0 Å². The highest BCUT2D eigenvalue weighted by Crippen LogP contribution is 2.26. The zero-order valence-corrected chi connectivity index (χ0v) is 17.9. The second kappa shape index (κ2) is 9.31. The Morgan fingerprint density at radius 3 is 2.58 bits per heavy atom. The molecule has 1 N–H and O–H groups in total. The van der Waals surface area contributed by atoms with Crippen molar-refractivity contribution in [3.05, 3.63) is 84.2 Å². The molecular formula is C26H29N5. The van der Waals surface area contributed by atoms with Gasteiger partial charge >= 0.3 is 0 Å². The van der Waals surface area contributed by atoms with Crippen LogP contribution in [0.15, 0.2) is 73.1 Å². The van der Waals surface area contributed by atoms with Gasteiger partial charge in [0.05, 0.1) is 17.4 Å². The van der Waals surface area contributed by atoms with E-state index < -0.39 is 0 Å². The van der Waals surface area contributed by atoms with Gasteiger partial charge in [-0.15, -0.1) is 0 Å². The third kappa shape index (κ3) is 4.62. The fourth-order valence-electron chi connectivity index (χ4n) is 4.33. The van der Waals surface area contributed by atoms with E-state index in [1.54, 1.807) is 0 Å². The van der Waals surface area contributed by atoms with Crippen molar-refractivity contribution in [2.75, 3.05) is 24.5 Å². The summed E-state index contributed by atoms with van der Waals surface area (Å²) in [6.07, 6.45) is 8.87. The van der Waals surface area contributed by atoms with Crippen molar-refractivity contribution >= 4 is 16.7 Å². The third-order valence-corrected chi connectivity index (χ3v) is 6.00. The molecule has 158 valence electrons. The first-order chi connectivity index (χ1) is 15.4. The maximum atomic E-state index is 5.05. The van der Waals surface area contributed by atoms with Crippen molar-refractivity contribution < 1.29 is 0 Å². The van der Waals surface area contributed by atoms with Gasteiger partial charge in [-0.1, -0.05) is 36.4 Å². The number of piperidine rings is 1. The fourth-order valence-corrected chi connectivity index (χ4v) is 4.33. The van der Waals surface area contributed by atoms with Gasteiger partial charge in [0.25, 0.3) is 0 Å². The molecule has 0 spiro atoms. The average molecular weight is 412 g/mol. The maximum absolute atomic E-state index is 5.05. The number of hydrogen-bond donors (Lipinski definition) is 1. The number of nitrogens with zero attached hydrogens (tertiary/aromatic N) is 4. The molecule has 5 rings (SSSR count). The Labute approximate surface area is 183 Å². The lowest BCUT2D eigenvalue weighted by atomic mass is 10.1. The van der Waals surface area contributed by atoms with Gasteiger partial charge in [-0.05, 0) is 62.1 Å². The molecule has 5 nitrogen and oxygen atoms in total. The van der Waals surface area contributed by atoms with Crippen molar-refractivity contribution in [1.29, 1.82) is 0 Å². The minimum Gasteiger partial charge on any atom is -0.356 e. The highest BCUT2D eigenvalue weighted by atomic mass is 15.3. The van der Waals surface area contributed by atoms with Crippen LogP contribution in [-0.4, -0.2) is 34.4 Å². The molecule has 0 saturated carbocycles. The van der Waals surface area contributed by atoms with E-state index in [4.69, 9.17) is 4.98 Å². The number of fused-ring (bicyclic) bond motifs is 1. The van der Waals surface area contributed by atoms with E-state index in [0.29, 0.717) is 0 Å². The van der Waals surface area contributed by atoms with Gasteiger partial charge in [0.2, 0.25) is 0 Å². The summed E-state index contributed by atoms with van der Waals surface area (Å²) in [5.41, 5.74) is 4.71. The Morgan fingerprint density at radius 1 is 0.903 bits per heavy atom. The molecule has 0 bridgehead atoms. The molecule has 1 aliphatic heterocycles. The van der Waals surface area contributed by atoms with Gasteiger partial charge in [-0.3, -0.25) is 0 Å². The van der Waals surface area contributed by atoms with Crippen molar-refractivity contribution in [3.63, 3.8) is 0 Å². The summed E-state index contributed by atoms with van der Waals surface area (Å²) in [4.78, 5) is 7.51. The van der Waals surface area contributed by atoms with Crippen LogP contribution in [0.25, 0.3) is 16.6 Å². The van der Waals surface area contributed by atoms with Crippen LogP contribution in [0.1, 0.15) is 30.4 Å². The predicted octanol–water partition coefficient (Wildman–Crippen LogP) is 4.74. The van der Waals surface area contributed by atoms with E-state index in [-0.39, 0.29) is 0 Å². The number of benzene rings is 2. The first-order valence-electron chi connectivity index (χ1n) is 11.3. The number of pyridine rings is 1. The molecule has 31 heavy (non-hydrogen) atoms. The summed E-state index contributed by atoms with van der Waals surface area (Å²) >= 11 is 0. The molecule has 1 saturated heterocycles. The molecule has 1 fully saturated rings. The normalized spacial score (nSPS) is 14.3. The van der Waals surface area contributed by atoms with Gasteiger partial charge in [0, 0.05) is 36.8 Å². The third-order valence-electron chi connectivity index (χ3n) is 6.00. The second-order valence-electron chi connectivity index (χ2n) is 8.27. The molecule has 0 radical (unpaired) electrons. The van der Waals surface area contributed by atoms with Gasteiger partial charge in [-0.25, -0.2) is 9.67 Å². The first kappa shape index (κ1) is 19.8. The largest absolute Gasteiger partial charge is 0.356 e. The van der Waals surface area contributed by atoms with Crippen LogP contribution in [-0.2, 0) is 13.0 Å². The summed E-state index contributed by atoms with van der Waals surface area (Å²) in [6.45, 7) is 3.96. The Kier molecular flexibility index (Phi) is 5.94. The van der Waals surface area contributed by atoms with Crippen LogP contribution >= 0.6 is 0 Å². The van der Waals surface area contributed by atoms with Crippen molar-refractivity contribution in [1.82, 2.24) is 20.1 Å². The molecule has 0 atom stereocenters. The van der Waals surface area contributed by atoms with E-state index in [1.165, 1.54) is 35.8 Å². The number of anilines is 1. The van der Waals surface area contributed by atoms with Crippen LogP contribution in [0.2, 0.25) is 0 Å². The Hall–Kier alpha value is -3.18. The summed E-state index contributed by atoms with van der Waals surface area (Å²) < 4.78 is 1.94. The monoisotopic (exact) mass is 411 g/mol. The van der Waals surface area contributed by atoms with Gasteiger partial charge in [0.1, 0.15) is 5.82 Å². The van der Waals surface area contributed by atoms with Crippen molar-refractivity contribution in [3.8, 4) is 5.69 Å². The Balaban J connectivity index is 1.25. The molecule has 2 aromatic heterocycles. The molecule has 1 aliphatic rings. The molecule has 0 unspecified atom stereocenters. The van der Waals surface area contributed by atoms with Crippen molar-refractivity contribution in [2.45, 2.75) is 32.2 Å². The average Bonchev–Trinajstić information content (AvgIpc) is 3.31. The predicted molar refractivity (Wildman–Crippen MR) is 127 cm³/mol. The minimum absolute atomic E-state index is 0.830. The summed E-state index contributed by atoms with van der Waals surface area (Å²) in [5.74, 6) is 1.16. The molecule has 4 aromatic rings. The lowest BCUT2D eigenvalue weighted by molar-refractivity contribution is 0.570. The highest BCUT2D eigenvalue weighted by Gasteiger charge is 2.17. The zero-order valence-electron chi connectivity index (χ0n) is 17.9. The Bertz CT molecular complexity index is 1130. The summed E-state index contributed by atoms with van der Waals surface area (Å²) in [6, 6.07) is 21.0. The lowest BCUT2D eigenvalue weighted by Crippen LogP contribution is -2.32. The quantitative estimate of drug-likeness (QED) is 0.446. The number of para-hydroxylation sites is 2. The van der Waals surface area contributed by atoms with Crippen LogP contribution in [0.5, 0.6) is 0 Å². The number of aromatic nitrogens is 3. The number of nitrogens with one attached hydrogen (secondary N) is 1. The van der Waals surface area contributed by atoms with E-state index >= 15 is 0 Å². The molecule has 2 aromatic carbocycles. The van der Waals surface area contributed by atoms with Crippen LogP contribution < -0.4 is 10.2 Å². The summed E-state index contributed by atoms with van der Waals surface area (Å²) in [5, 5.41) is 9.36.